The second kappa shape index (κ2) is 3.70. The van der Waals surface area contributed by atoms with Crippen molar-refractivity contribution in [3.8, 4) is 0 Å². The van der Waals surface area contributed by atoms with Gasteiger partial charge in [0.05, 0.1) is 5.57 Å². The maximum absolute atomic E-state index is 11.2. The summed E-state index contributed by atoms with van der Waals surface area (Å²) in [5, 5.41) is 0. The molecule has 1 atom stereocenters. The standard InChI is InChI=1S/C9H14N2O2/c1-11(2)6-3-4-8(12)7(5-6)9(10)13/h5-6H,3-4H2,1-2H3,(H2,10,13). The van der Waals surface area contributed by atoms with E-state index in [1.807, 2.05) is 19.0 Å². The van der Waals surface area contributed by atoms with Crippen LogP contribution >= 0.6 is 0 Å². The zero-order chi connectivity index (χ0) is 10.0. The van der Waals surface area contributed by atoms with Crippen molar-refractivity contribution in [1.82, 2.24) is 4.90 Å². The van der Waals surface area contributed by atoms with Crippen LogP contribution in [0, 0.1) is 0 Å². The lowest BCUT2D eigenvalue weighted by Crippen LogP contribution is -2.34. The van der Waals surface area contributed by atoms with Crippen LogP contribution in [0.5, 0.6) is 0 Å². The Balaban J connectivity index is 2.88. The van der Waals surface area contributed by atoms with E-state index >= 15 is 0 Å². The highest BCUT2D eigenvalue weighted by Crippen LogP contribution is 2.17. The SMILES string of the molecule is CN(C)C1C=C(C(N)=O)C(=O)CC1. The monoisotopic (exact) mass is 182 g/mol. The molecule has 13 heavy (non-hydrogen) atoms. The fraction of sp³-hybridized carbons (Fsp3) is 0.556. The summed E-state index contributed by atoms with van der Waals surface area (Å²) in [5.41, 5.74) is 5.23. The molecule has 0 heterocycles. The predicted octanol–water partition coefficient (Wildman–Crippen LogP) is -0.309. The Morgan fingerprint density at radius 1 is 1.62 bits per heavy atom. The number of hydrogen-bond acceptors (Lipinski definition) is 3. The Kier molecular flexibility index (Phi) is 2.83. The zero-order valence-corrected chi connectivity index (χ0v) is 7.91. The third-order valence-electron chi connectivity index (χ3n) is 2.26. The van der Waals surface area contributed by atoms with E-state index in [1.54, 1.807) is 6.08 Å². The lowest BCUT2D eigenvalue weighted by molar-refractivity contribution is -0.121. The molecule has 0 aromatic heterocycles. The quantitative estimate of drug-likeness (QED) is 0.596. The van der Waals surface area contributed by atoms with E-state index in [2.05, 4.69) is 0 Å². The number of primary amides is 1. The minimum atomic E-state index is -0.614. The number of carbonyl (C=O) groups excluding carboxylic acids is 2. The molecule has 1 amide bonds. The molecule has 0 fully saturated rings. The van der Waals surface area contributed by atoms with Crippen LogP contribution < -0.4 is 5.73 Å². The number of likely N-dealkylation sites (N-methyl/N-ethyl adjacent to an activating group) is 1. The average molecular weight is 182 g/mol. The molecule has 1 aliphatic carbocycles. The number of Topliss-reactive ketones (excluding diaryl/α,β-unsaturated/α-hetero) is 1. The van der Waals surface area contributed by atoms with Crippen LogP contribution in [0.2, 0.25) is 0 Å². The summed E-state index contributed by atoms with van der Waals surface area (Å²) in [4.78, 5) is 24.0. The molecule has 4 nitrogen and oxygen atoms in total. The predicted molar refractivity (Wildman–Crippen MR) is 49.0 cm³/mol. The van der Waals surface area contributed by atoms with Gasteiger partial charge in [-0.3, -0.25) is 9.59 Å². The first-order valence-corrected chi connectivity index (χ1v) is 4.23. The minimum absolute atomic E-state index is 0.134. The van der Waals surface area contributed by atoms with Crippen LogP contribution in [0.15, 0.2) is 11.6 Å². The van der Waals surface area contributed by atoms with E-state index in [1.165, 1.54) is 0 Å². The van der Waals surface area contributed by atoms with Gasteiger partial charge in [0.15, 0.2) is 5.78 Å². The Morgan fingerprint density at radius 2 is 2.23 bits per heavy atom. The summed E-state index contributed by atoms with van der Waals surface area (Å²) in [6.07, 6.45) is 2.84. The van der Waals surface area contributed by atoms with Crippen molar-refractivity contribution in [2.45, 2.75) is 18.9 Å². The van der Waals surface area contributed by atoms with Gasteiger partial charge in [-0.1, -0.05) is 6.08 Å². The van der Waals surface area contributed by atoms with Crippen LogP contribution in [0.3, 0.4) is 0 Å². The number of amides is 1. The van der Waals surface area contributed by atoms with Crippen LogP contribution in [-0.2, 0) is 9.59 Å². The van der Waals surface area contributed by atoms with Crippen LogP contribution in [-0.4, -0.2) is 36.7 Å². The van der Waals surface area contributed by atoms with E-state index in [0.29, 0.717) is 6.42 Å². The largest absolute Gasteiger partial charge is 0.365 e. The highest BCUT2D eigenvalue weighted by atomic mass is 16.2. The second-order valence-electron chi connectivity index (χ2n) is 3.44. The Labute approximate surface area is 77.4 Å². The topological polar surface area (TPSA) is 63.4 Å². The minimum Gasteiger partial charge on any atom is -0.365 e. The summed E-state index contributed by atoms with van der Waals surface area (Å²) < 4.78 is 0. The first-order valence-electron chi connectivity index (χ1n) is 4.23. The lowest BCUT2D eigenvalue weighted by atomic mass is 9.93. The molecule has 0 saturated carbocycles. The van der Waals surface area contributed by atoms with E-state index in [9.17, 15) is 9.59 Å². The summed E-state index contributed by atoms with van der Waals surface area (Å²) in [6, 6.07) is 0.153. The van der Waals surface area contributed by atoms with Crippen molar-refractivity contribution in [3.05, 3.63) is 11.6 Å². The van der Waals surface area contributed by atoms with Gasteiger partial charge in [0.2, 0.25) is 0 Å². The molecule has 1 rings (SSSR count). The van der Waals surface area contributed by atoms with Crippen LogP contribution in [0.25, 0.3) is 0 Å². The van der Waals surface area contributed by atoms with Crippen molar-refractivity contribution in [3.63, 3.8) is 0 Å². The van der Waals surface area contributed by atoms with Crippen molar-refractivity contribution < 1.29 is 9.59 Å². The molecule has 1 aliphatic rings. The highest BCUT2D eigenvalue weighted by molar-refractivity contribution is 6.19. The maximum atomic E-state index is 11.2. The van der Waals surface area contributed by atoms with Crippen molar-refractivity contribution >= 4 is 11.7 Å². The van der Waals surface area contributed by atoms with Gasteiger partial charge in [-0.2, -0.15) is 0 Å². The van der Waals surface area contributed by atoms with Gasteiger partial charge in [0, 0.05) is 12.5 Å². The van der Waals surface area contributed by atoms with Gasteiger partial charge < -0.3 is 10.6 Å². The highest BCUT2D eigenvalue weighted by Gasteiger charge is 2.24. The van der Waals surface area contributed by atoms with Crippen LogP contribution in [0.4, 0.5) is 0 Å². The number of nitrogens with zero attached hydrogens (tertiary/aromatic N) is 1. The van der Waals surface area contributed by atoms with Crippen molar-refractivity contribution in [1.29, 1.82) is 0 Å². The van der Waals surface area contributed by atoms with Crippen molar-refractivity contribution in [2.75, 3.05) is 14.1 Å². The molecular formula is C9H14N2O2. The number of nitrogens with two attached hydrogens (primary N) is 1. The van der Waals surface area contributed by atoms with Gasteiger partial charge >= 0.3 is 0 Å². The third-order valence-corrected chi connectivity index (χ3v) is 2.26. The van der Waals surface area contributed by atoms with Gasteiger partial charge in [-0.05, 0) is 20.5 Å². The summed E-state index contributed by atoms with van der Waals surface area (Å²) in [7, 11) is 3.82. The second-order valence-corrected chi connectivity index (χ2v) is 3.44. The summed E-state index contributed by atoms with van der Waals surface area (Å²) in [5.74, 6) is -0.748. The normalized spacial score (nSPS) is 23.2. The molecule has 0 aliphatic heterocycles. The molecule has 1 unspecified atom stereocenters. The van der Waals surface area contributed by atoms with E-state index in [4.69, 9.17) is 5.73 Å². The van der Waals surface area contributed by atoms with Crippen molar-refractivity contribution in [2.24, 2.45) is 5.73 Å². The van der Waals surface area contributed by atoms with Gasteiger partial charge in [0.25, 0.3) is 5.91 Å². The average Bonchev–Trinajstić information content (AvgIpc) is 2.04. The molecular weight excluding hydrogens is 168 g/mol. The van der Waals surface area contributed by atoms with E-state index in [0.717, 1.165) is 6.42 Å². The zero-order valence-electron chi connectivity index (χ0n) is 7.91. The third kappa shape index (κ3) is 2.15. The molecule has 0 bridgehead atoms. The maximum Gasteiger partial charge on any atom is 0.252 e. The van der Waals surface area contributed by atoms with E-state index in [-0.39, 0.29) is 17.4 Å². The summed E-state index contributed by atoms with van der Waals surface area (Å²) in [6.45, 7) is 0. The first-order chi connectivity index (χ1) is 6.02. The van der Waals surface area contributed by atoms with Gasteiger partial charge in [-0.15, -0.1) is 0 Å². The molecule has 0 aromatic rings. The first kappa shape index (κ1) is 9.92. The molecule has 0 aromatic carbocycles. The Morgan fingerprint density at radius 3 is 2.69 bits per heavy atom. The Bertz CT molecular complexity index is 269. The molecule has 0 saturated heterocycles. The van der Waals surface area contributed by atoms with Gasteiger partial charge in [-0.25, -0.2) is 0 Å². The van der Waals surface area contributed by atoms with E-state index < -0.39 is 5.91 Å². The summed E-state index contributed by atoms with van der Waals surface area (Å²) >= 11 is 0. The van der Waals surface area contributed by atoms with Crippen LogP contribution in [0.1, 0.15) is 12.8 Å². The molecule has 4 heteroatoms. The Hall–Kier alpha value is -1.16. The number of ketones is 1. The number of rotatable bonds is 2. The lowest BCUT2D eigenvalue weighted by Gasteiger charge is -2.24. The fourth-order valence-corrected chi connectivity index (χ4v) is 1.41. The van der Waals surface area contributed by atoms with Gasteiger partial charge in [0.1, 0.15) is 0 Å². The molecule has 0 spiro atoms. The number of carbonyl (C=O) groups is 2. The molecule has 2 N–H and O–H groups in total. The molecule has 0 radical (unpaired) electrons. The fourth-order valence-electron chi connectivity index (χ4n) is 1.41. The number of hydrogen-bond donors (Lipinski definition) is 1. The molecule has 72 valence electrons. The smallest absolute Gasteiger partial charge is 0.252 e.